The standard InChI is InChI=1S/C16H19N3O3/c20-16(8-2-1-3-9-16)12-18-11-14(10-17-18)13-4-6-15(7-5-13)19(21)22/h4-7,10-11,20H,1-3,8-9,12H2. The average molecular weight is 301 g/mol. The number of nitro benzene ring substituents is 1. The van der Waals surface area contributed by atoms with Crippen molar-refractivity contribution < 1.29 is 10.0 Å². The van der Waals surface area contributed by atoms with Crippen LogP contribution in [0.15, 0.2) is 36.7 Å². The minimum atomic E-state index is -0.656. The third kappa shape index (κ3) is 3.17. The van der Waals surface area contributed by atoms with Crippen molar-refractivity contribution in [3.05, 3.63) is 46.8 Å². The Kier molecular flexibility index (Phi) is 3.94. The van der Waals surface area contributed by atoms with E-state index in [9.17, 15) is 15.2 Å². The molecule has 6 nitrogen and oxygen atoms in total. The number of aromatic nitrogens is 2. The predicted molar refractivity (Wildman–Crippen MR) is 82.4 cm³/mol. The van der Waals surface area contributed by atoms with Crippen molar-refractivity contribution >= 4 is 5.69 Å². The van der Waals surface area contributed by atoms with Gasteiger partial charge in [-0.15, -0.1) is 0 Å². The topological polar surface area (TPSA) is 81.2 Å². The third-order valence-corrected chi connectivity index (χ3v) is 4.29. The summed E-state index contributed by atoms with van der Waals surface area (Å²) < 4.78 is 1.77. The summed E-state index contributed by atoms with van der Waals surface area (Å²) in [6.45, 7) is 0.500. The Balaban J connectivity index is 1.74. The highest BCUT2D eigenvalue weighted by Gasteiger charge is 2.29. The van der Waals surface area contributed by atoms with Crippen molar-refractivity contribution in [1.82, 2.24) is 9.78 Å². The van der Waals surface area contributed by atoms with Crippen molar-refractivity contribution in [3.8, 4) is 11.1 Å². The van der Waals surface area contributed by atoms with Crippen molar-refractivity contribution in [2.45, 2.75) is 44.2 Å². The number of nitrogens with zero attached hydrogens (tertiary/aromatic N) is 3. The van der Waals surface area contributed by atoms with Gasteiger partial charge in [-0.3, -0.25) is 14.8 Å². The molecule has 1 aromatic heterocycles. The molecule has 0 bridgehead atoms. The molecule has 1 aliphatic carbocycles. The summed E-state index contributed by atoms with van der Waals surface area (Å²) in [6, 6.07) is 6.41. The zero-order valence-electron chi connectivity index (χ0n) is 12.3. The lowest BCUT2D eigenvalue weighted by atomic mass is 9.85. The lowest BCUT2D eigenvalue weighted by Gasteiger charge is -2.31. The van der Waals surface area contributed by atoms with Gasteiger partial charge in [-0.1, -0.05) is 19.3 Å². The van der Waals surface area contributed by atoms with Crippen LogP contribution < -0.4 is 0 Å². The maximum atomic E-state index is 10.7. The number of hydrogen-bond acceptors (Lipinski definition) is 4. The highest BCUT2D eigenvalue weighted by atomic mass is 16.6. The molecule has 0 amide bonds. The molecule has 1 heterocycles. The van der Waals surface area contributed by atoms with Gasteiger partial charge in [-0.25, -0.2) is 0 Å². The molecule has 2 aromatic rings. The minimum absolute atomic E-state index is 0.0765. The highest BCUT2D eigenvalue weighted by molar-refractivity contribution is 5.63. The van der Waals surface area contributed by atoms with Crippen molar-refractivity contribution in [3.63, 3.8) is 0 Å². The van der Waals surface area contributed by atoms with Crippen LogP contribution in [0.1, 0.15) is 32.1 Å². The molecule has 1 saturated carbocycles. The van der Waals surface area contributed by atoms with E-state index >= 15 is 0 Å². The van der Waals surface area contributed by atoms with Gasteiger partial charge >= 0.3 is 0 Å². The first kappa shape index (κ1) is 14.7. The van der Waals surface area contributed by atoms with Crippen LogP contribution in [0.25, 0.3) is 11.1 Å². The number of non-ortho nitro benzene ring substituents is 1. The van der Waals surface area contributed by atoms with E-state index in [1.165, 1.54) is 18.6 Å². The second-order valence-electron chi connectivity index (χ2n) is 6.02. The number of hydrogen-bond donors (Lipinski definition) is 1. The third-order valence-electron chi connectivity index (χ3n) is 4.29. The summed E-state index contributed by atoms with van der Waals surface area (Å²) in [6.07, 6.45) is 8.57. The molecule has 0 saturated heterocycles. The first-order valence-electron chi connectivity index (χ1n) is 7.55. The Bertz CT molecular complexity index is 658. The molecule has 116 valence electrons. The monoisotopic (exact) mass is 301 g/mol. The molecule has 1 fully saturated rings. The van der Waals surface area contributed by atoms with Crippen LogP contribution >= 0.6 is 0 Å². The van der Waals surface area contributed by atoms with Crippen LogP contribution in [-0.2, 0) is 6.54 Å². The SMILES string of the molecule is O=[N+]([O-])c1ccc(-c2cnn(CC3(O)CCCCC3)c2)cc1. The van der Waals surface area contributed by atoms with Crippen molar-refractivity contribution in [2.24, 2.45) is 0 Å². The largest absolute Gasteiger partial charge is 0.388 e. The molecule has 6 heteroatoms. The quantitative estimate of drug-likeness (QED) is 0.694. The molecule has 0 spiro atoms. The van der Waals surface area contributed by atoms with E-state index in [0.29, 0.717) is 6.54 Å². The van der Waals surface area contributed by atoms with Gasteiger partial charge in [-0.2, -0.15) is 5.10 Å². The van der Waals surface area contributed by atoms with Gasteiger partial charge in [-0.05, 0) is 30.5 Å². The van der Waals surface area contributed by atoms with Crippen LogP contribution in [0.5, 0.6) is 0 Å². The van der Waals surface area contributed by atoms with Crippen LogP contribution in [-0.4, -0.2) is 25.4 Å². The Morgan fingerprint density at radius 1 is 1.18 bits per heavy atom. The molecule has 3 rings (SSSR count). The first-order valence-corrected chi connectivity index (χ1v) is 7.55. The fourth-order valence-electron chi connectivity index (χ4n) is 3.04. The van der Waals surface area contributed by atoms with Crippen LogP contribution in [0, 0.1) is 10.1 Å². The number of rotatable bonds is 4. The lowest BCUT2D eigenvalue weighted by Crippen LogP contribution is -2.36. The number of benzene rings is 1. The Labute approximate surface area is 128 Å². The van der Waals surface area contributed by atoms with Crippen molar-refractivity contribution in [1.29, 1.82) is 0 Å². The van der Waals surface area contributed by atoms with E-state index in [2.05, 4.69) is 5.10 Å². The normalized spacial score (nSPS) is 17.3. The smallest absolute Gasteiger partial charge is 0.269 e. The Morgan fingerprint density at radius 3 is 2.50 bits per heavy atom. The highest BCUT2D eigenvalue weighted by Crippen LogP contribution is 2.30. The molecule has 0 unspecified atom stereocenters. The summed E-state index contributed by atoms with van der Waals surface area (Å²) in [5, 5.41) is 25.5. The van der Waals surface area contributed by atoms with E-state index in [-0.39, 0.29) is 5.69 Å². The van der Waals surface area contributed by atoms with Gasteiger partial charge in [0, 0.05) is 23.9 Å². The molecule has 0 aliphatic heterocycles. The Morgan fingerprint density at radius 2 is 1.86 bits per heavy atom. The van der Waals surface area contributed by atoms with Crippen LogP contribution in [0.4, 0.5) is 5.69 Å². The molecule has 0 radical (unpaired) electrons. The van der Waals surface area contributed by atoms with Gasteiger partial charge < -0.3 is 5.11 Å². The molecular formula is C16H19N3O3. The lowest BCUT2D eigenvalue weighted by molar-refractivity contribution is -0.384. The summed E-state index contributed by atoms with van der Waals surface area (Å²) >= 11 is 0. The van der Waals surface area contributed by atoms with Crippen LogP contribution in [0.2, 0.25) is 0 Å². The molecule has 22 heavy (non-hydrogen) atoms. The van der Waals surface area contributed by atoms with E-state index in [1.54, 1.807) is 23.0 Å². The molecule has 1 aromatic carbocycles. The summed E-state index contributed by atoms with van der Waals surface area (Å²) in [4.78, 5) is 10.3. The maximum Gasteiger partial charge on any atom is 0.269 e. The second kappa shape index (κ2) is 5.88. The molecule has 1 aliphatic rings. The van der Waals surface area contributed by atoms with E-state index < -0.39 is 10.5 Å². The first-order chi connectivity index (χ1) is 10.6. The second-order valence-corrected chi connectivity index (χ2v) is 6.02. The molecular weight excluding hydrogens is 282 g/mol. The maximum absolute atomic E-state index is 10.7. The van der Waals surface area contributed by atoms with Crippen LogP contribution in [0.3, 0.4) is 0 Å². The summed E-state index contributed by atoms with van der Waals surface area (Å²) in [5.74, 6) is 0. The zero-order valence-corrected chi connectivity index (χ0v) is 12.3. The number of nitro groups is 1. The van der Waals surface area contributed by atoms with Gasteiger partial charge in [0.05, 0.1) is 23.3 Å². The van der Waals surface area contributed by atoms with Crippen molar-refractivity contribution in [2.75, 3.05) is 0 Å². The van der Waals surface area contributed by atoms with Gasteiger partial charge in [0.1, 0.15) is 0 Å². The Hall–Kier alpha value is -2.21. The van der Waals surface area contributed by atoms with Gasteiger partial charge in [0.2, 0.25) is 0 Å². The van der Waals surface area contributed by atoms with Gasteiger partial charge in [0.15, 0.2) is 0 Å². The van der Waals surface area contributed by atoms with Gasteiger partial charge in [0.25, 0.3) is 5.69 Å². The predicted octanol–water partition coefficient (Wildman–Crippen LogP) is 3.15. The zero-order chi connectivity index (χ0) is 15.6. The summed E-state index contributed by atoms with van der Waals surface area (Å²) in [7, 11) is 0. The minimum Gasteiger partial charge on any atom is -0.388 e. The fraction of sp³-hybridized carbons (Fsp3) is 0.438. The summed E-state index contributed by atoms with van der Waals surface area (Å²) in [5.41, 5.74) is 1.20. The number of aliphatic hydroxyl groups is 1. The van der Waals surface area contributed by atoms with E-state index in [0.717, 1.165) is 36.8 Å². The van der Waals surface area contributed by atoms with E-state index in [4.69, 9.17) is 0 Å². The van der Waals surface area contributed by atoms with E-state index in [1.807, 2.05) is 6.20 Å². The average Bonchev–Trinajstić information content (AvgIpc) is 2.96. The fourth-order valence-corrected chi connectivity index (χ4v) is 3.04. The molecule has 1 N–H and O–H groups in total. The molecule has 0 atom stereocenters.